The maximum atomic E-state index is 11.6. The molecule has 0 fully saturated rings. The Morgan fingerprint density at radius 2 is 1.90 bits per heavy atom. The number of halogens is 3. The van der Waals surface area contributed by atoms with Crippen molar-refractivity contribution in [3.63, 3.8) is 0 Å². The van der Waals surface area contributed by atoms with Gasteiger partial charge in [-0.05, 0) is 25.5 Å². The Balaban J connectivity index is 2.39. The first-order chi connectivity index (χ1) is 9.45. The number of nitrogens with one attached hydrogen (secondary N) is 2. The molecule has 2 N–H and O–H groups in total. The van der Waals surface area contributed by atoms with Crippen LogP contribution in [0.3, 0.4) is 0 Å². The monoisotopic (exact) mass is 336 g/mol. The largest absolute Gasteiger partial charge is 0.354 e. The van der Waals surface area contributed by atoms with E-state index in [0.29, 0.717) is 34.6 Å². The van der Waals surface area contributed by atoms with E-state index in [0.717, 1.165) is 12.0 Å². The van der Waals surface area contributed by atoms with Crippen molar-refractivity contribution in [2.24, 2.45) is 0 Å². The van der Waals surface area contributed by atoms with E-state index in [9.17, 15) is 4.79 Å². The maximum Gasteiger partial charge on any atom is 0.221 e. The summed E-state index contributed by atoms with van der Waals surface area (Å²) in [7, 11) is 0. The lowest BCUT2D eigenvalue weighted by molar-refractivity contribution is -0.121. The van der Waals surface area contributed by atoms with Crippen LogP contribution in [-0.2, 0) is 11.3 Å². The highest BCUT2D eigenvalue weighted by Gasteiger charge is 2.10. The molecule has 0 aliphatic heterocycles. The summed E-state index contributed by atoms with van der Waals surface area (Å²) in [6, 6.07) is 3.58. The molecular formula is C14H19Cl3N2O. The summed E-state index contributed by atoms with van der Waals surface area (Å²) >= 11 is 18.1. The number of carbonyl (C=O) groups is 1. The summed E-state index contributed by atoms with van der Waals surface area (Å²) in [5.74, 6) is 0.0372. The SMILES string of the molecule is CCC(C)NC(=O)CCNCc1c(Cl)ccc(Cl)c1Cl. The summed E-state index contributed by atoms with van der Waals surface area (Å²) in [5.41, 5.74) is 0.753. The number of carbonyl (C=O) groups excluding carboxylic acids is 1. The standard InChI is InChI=1S/C14H19Cl3N2O/c1-3-9(2)19-13(20)6-7-18-8-10-11(15)4-5-12(16)14(10)17/h4-5,9,18H,3,6-8H2,1-2H3,(H,19,20). The minimum absolute atomic E-state index is 0.0372. The topological polar surface area (TPSA) is 41.1 Å². The minimum Gasteiger partial charge on any atom is -0.354 e. The van der Waals surface area contributed by atoms with Gasteiger partial charge in [-0.1, -0.05) is 41.7 Å². The van der Waals surface area contributed by atoms with Gasteiger partial charge in [0.05, 0.1) is 10.0 Å². The molecule has 0 aromatic heterocycles. The van der Waals surface area contributed by atoms with Gasteiger partial charge in [-0.15, -0.1) is 0 Å². The van der Waals surface area contributed by atoms with Crippen LogP contribution in [0.15, 0.2) is 12.1 Å². The lowest BCUT2D eigenvalue weighted by Gasteiger charge is -2.12. The third-order valence-electron chi connectivity index (χ3n) is 2.99. The van der Waals surface area contributed by atoms with Gasteiger partial charge in [-0.2, -0.15) is 0 Å². The van der Waals surface area contributed by atoms with Gasteiger partial charge >= 0.3 is 0 Å². The summed E-state index contributed by atoms with van der Waals surface area (Å²) in [4.78, 5) is 11.6. The number of hydrogen-bond acceptors (Lipinski definition) is 2. The third kappa shape index (κ3) is 5.49. The molecule has 1 atom stereocenters. The Labute approximate surface area is 135 Å². The van der Waals surface area contributed by atoms with Gasteiger partial charge < -0.3 is 10.6 Å². The number of benzene rings is 1. The molecule has 0 bridgehead atoms. The van der Waals surface area contributed by atoms with Gasteiger partial charge in [0.25, 0.3) is 0 Å². The smallest absolute Gasteiger partial charge is 0.221 e. The van der Waals surface area contributed by atoms with E-state index in [1.165, 1.54) is 0 Å². The fourth-order valence-electron chi connectivity index (χ4n) is 1.60. The van der Waals surface area contributed by atoms with Gasteiger partial charge in [0.2, 0.25) is 5.91 Å². The average Bonchev–Trinajstić information content (AvgIpc) is 2.42. The van der Waals surface area contributed by atoms with Crippen LogP contribution in [0.5, 0.6) is 0 Å². The summed E-state index contributed by atoms with van der Waals surface area (Å²) in [5, 5.41) is 7.55. The van der Waals surface area contributed by atoms with Crippen LogP contribution in [0.4, 0.5) is 0 Å². The molecule has 1 amide bonds. The van der Waals surface area contributed by atoms with E-state index in [1.807, 2.05) is 13.8 Å². The normalized spacial score (nSPS) is 12.2. The van der Waals surface area contributed by atoms with Crippen LogP contribution in [0.2, 0.25) is 15.1 Å². The molecule has 0 aliphatic carbocycles. The summed E-state index contributed by atoms with van der Waals surface area (Å²) in [6.07, 6.45) is 1.34. The lowest BCUT2D eigenvalue weighted by atomic mass is 10.2. The van der Waals surface area contributed by atoms with Gasteiger partial charge in [0.15, 0.2) is 0 Å². The van der Waals surface area contributed by atoms with Crippen molar-refractivity contribution in [3.05, 3.63) is 32.8 Å². The Hall–Kier alpha value is -0.480. The highest BCUT2D eigenvalue weighted by molar-refractivity contribution is 6.44. The fourth-order valence-corrected chi connectivity index (χ4v) is 2.28. The molecule has 1 unspecified atom stereocenters. The molecular weight excluding hydrogens is 319 g/mol. The van der Waals surface area contributed by atoms with Crippen LogP contribution in [0, 0.1) is 0 Å². The Morgan fingerprint density at radius 1 is 1.25 bits per heavy atom. The molecule has 1 rings (SSSR count). The zero-order valence-electron chi connectivity index (χ0n) is 11.6. The predicted octanol–water partition coefficient (Wildman–Crippen LogP) is 4.04. The van der Waals surface area contributed by atoms with Crippen molar-refractivity contribution in [1.29, 1.82) is 0 Å². The molecule has 1 aromatic carbocycles. The van der Waals surface area contributed by atoms with E-state index < -0.39 is 0 Å². The molecule has 0 radical (unpaired) electrons. The van der Waals surface area contributed by atoms with Crippen LogP contribution in [-0.4, -0.2) is 18.5 Å². The van der Waals surface area contributed by atoms with E-state index >= 15 is 0 Å². The third-order valence-corrected chi connectivity index (χ3v) is 4.19. The molecule has 0 heterocycles. The highest BCUT2D eigenvalue weighted by atomic mass is 35.5. The zero-order chi connectivity index (χ0) is 15.1. The Kier molecular flexibility index (Phi) is 7.67. The second kappa shape index (κ2) is 8.73. The molecule has 112 valence electrons. The molecule has 3 nitrogen and oxygen atoms in total. The minimum atomic E-state index is 0.0372. The van der Waals surface area contributed by atoms with Crippen molar-refractivity contribution in [2.45, 2.75) is 39.3 Å². The van der Waals surface area contributed by atoms with Gasteiger partial charge in [0, 0.05) is 36.1 Å². The molecule has 0 spiro atoms. The first kappa shape index (κ1) is 17.6. The first-order valence-corrected chi connectivity index (χ1v) is 7.71. The second-order valence-electron chi connectivity index (χ2n) is 4.63. The quantitative estimate of drug-likeness (QED) is 0.582. The van der Waals surface area contributed by atoms with Crippen molar-refractivity contribution in [3.8, 4) is 0 Å². The van der Waals surface area contributed by atoms with Crippen LogP contribution in [0.1, 0.15) is 32.3 Å². The lowest BCUT2D eigenvalue weighted by Crippen LogP contribution is -2.33. The zero-order valence-corrected chi connectivity index (χ0v) is 13.9. The molecule has 0 saturated heterocycles. The van der Waals surface area contributed by atoms with Crippen LogP contribution in [0.25, 0.3) is 0 Å². The highest BCUT2D eigenvalue weighted by Crippen LogP contribution is 2.31. The predicted molar refractivity (Wildman–Crippen MR) is 85.7 cm³/mol. The molecule has 0 aliphatic rings. The molecule has 6 heteroatoms. The van der Waals surface area contributed by atoms with Crippen molar-refractivity contribution in [2.75, 3.05) is 6.54 Å². The fraction of sp³-hybridized carbons (Fsp3) is 0.500. The maximum absolute atomic E-state index is 11.6. The Bertz CT molecular complexity index is 466. The van der Waals surface area contributed by atoms with Crippen LogP contribution < -0.4 is 10.6 Å². The first-order valence-electron chi connectivity index (χ1n) is 6.58. The average molecular weight is 338 g/mol. The molecule has 1 aromatic rings. The number of amides is 1. The van der Waals surface area contributed by atoms with E-state index in [-0.39, 0.29) is 11.9 Å². The van der Waals surface area contributed by atoms with Gasteiger partial charge in [0.1, 0.15) is 0 Å². The van der Waals surface area contributed by atoms with Gasteiger partial charge in [-0.25, -0.2) is 0 Å². The van der Waals surface area contributed by atoms with E-state index in [4.69, 9.17) is 34.8 Å². The van der Waals surface area contributed by atoms with Crippen molar-refractivity contribution < 1.29 is 4.79 Å². The number of rotatable bonds is 7. The van der Waals surface area contributed by atoms with E-state index in [2.05, 4.69) is 10.6 Å². The van der Waals surface area contributed by atoms with Gasteiger partial charge in [-0.3, -0.25) is 4.79 Å². The van der Waals surface area contributed by atoms with Crippen LogP contribution >= 0.6 is 34.8 Å². The van der Waals surface area contributed by atoms with Crippen molar-refractivity contribution >= 4 is 40.7 Å². The van der Waals surface area contributed by atoms with E-state index in [1.54, 1.807) is 12.1 Å². The molecule has 0 saturated carbocycles. The summed E-state index contributed by atoms with van der Waals surface area (Å²) in [6.45, 7) is 5.06. The number of hydrogen-bond donors (Lipinski definition) is 2. The summed E-state index contributed by atoms with van der Waals surface area (Å²) < 4.78 is 0. The Morgan fingerprint density at radius 3 is 2.55 bits per heavy atom. The van der Waals surface area contributed by atoms with Crippen molar-refractivity contribution in [1.82, 2.24) is 10.6 Å². The second-order valence-corrected chi connectivity index (χ2v) is 5.82. The molecule has 20 heavy (non-hydrogen) atoms.